The molecule has 2 aromatic rings. The Morgan fingerprint density at radius 2 is 1.68 bits per heavy atom. The number of carboxylic acid groups (broad SMARTS) is 1. The number of aromatic carboxylic acids is 1. The van der Waals surface area contributed by atoms with Crippen molar-refractivity contribution in [2.75, 3.05) is 5.32 Å². The molecule has 0 aromatic heterocycles. The van der Waals surface area contributed by atoms with E-state index >= 15 is 0 Å². The molecular formula is C15H12NO3-. The quantitative estimate of drug-likeness (QED) is 0.904. The third-order valence-corrected chi connectivity index (χ3v) is 2.67. The van der Waals surface area contributed by atoms with Crippen molar-refractivity contribution in [1.29, 1.82) is 0 Å². The number of aryl methyl sites for hydroxylation is 1. The van der Waals surface area contributed by atoms with E-state index in [9.17, 15) is 14.7 Å². The number of amides is 1. The molecule has 4 nitrogen and oxygen atoms in total. The predicted octanol–water partition coefficient (Wildman–Crippen LogP) is 1.61. The lowest BCUT2D eigenvalue weighted by atomic mass is 10.1. The molecule has 0 spiro atoms. The average Bonchev–Trinajstić information content (AvgIpc) is 2.38. The van der Waals surface area contributed by atoms with E-state index in [2.05, 4.69) is 5.32 Å². The van der Waals surface area contributed by atoms with Gasteiger partial charge in [0.1, 0.15) is 0 Å². The van der Waals surface area contributed by atoms with E-state index in [1.165, 1.54) is 12.1 Å². The largest absolute Gasteiger partial charge is 0.545 e. The van der Waals surface area contributed by atoms with E-state index in [1.54, 1.807) is 24.3 Å². The Kier molecular flexibility index (Phi) is 3.61. The maximum atomic E-state index is 12.0. The number of hydrogen-bond acceptors (Lipinski definition) is 3. The lowest BCUT2D eigenvalue weighted by molar-refractivity contribution is -0.255. The van der Waals surface area contributed by atoms with Crippen molar-refractivity contribution in [3.05, 3.63) is 65.2 Å². The molecule has 0 bridgehead atoms. The highest BCUT2D eigenvalue weighted by molar-refractivity contribution is 6.10. The molecule has 19 heavy (non-hydrogen) atoms. The van der Waals surface area contributed by atoms with Crippen molar-refractivity contribution in [2.24, 2.45) is 0 Å². The molecule has 0 fully saturated rings. The van der Waals surface area contributed by atoms with E-state index in [0.29, 0.717) is 5.69 Å². The maximum absolute atomic E-state index is 12.0. The van der Waals surface area contributed by atoms with Crippen LogP contribution in [0.1, 0.15) is 26.3 Å². The van der Waals surface area contributed by atoms with Crippen LogP contribution in [0.5, 0.6) is 0 Å². The summed E-state index contributed by atoms with van der Waals surface area (Å²) in [5.41, 5.74) is 1.60. The molecule has 0 aliphatic carbocycles. The molecule has 0 heterocycles. The van der Waals surface area contributed by atoms with Crippen LogP contribution in [0, 0.1) is 6.92 Å². The summed E-state index contributed by atoms with van der Waals surface area (Å²) in [6, 6.07) is 13.2. The zero-order chi connectivity index (χ0) is 13.8. The van der Waals surface area contributed by atoms with E-state index in [1.807, 2.05) is 19.1 Å². The van der Waals surface area contributed by atoms with Crippen molar-refractivity contribution in [1.82, 2.24) is 0 Å². The van der Waals surface area contributed by atoms with Gasteiger partial charge < -0.3 is 15.2 Å². The van der Waals surface area contributed by atoms with E-state index in [-0.39, 0.29) is 11.1 Å². The Hall–Kier alpha value is -2.62. The van der Waals surface area contributed by atoms with Gasteiger partial charge in [-0.15, -0.1) is 0 Å². The lowest BCUT2D eigenvalue weighted by Crippen LogP contribution is -2.26. The first-order valence-corrected chi connectivity index (χ1v) is 5.76. The Morgan fingerprint density at radius 3 is 2.32 bits per heavy atom. The summed E-state index contributed by atoms with van der Waals surface area (Å²) in [7, 11) is 0. The molecule has 0 aliphatic heterocycles. The fourth-order valence-corrected chi connectivity index (χ4v) is 1.78. The number of hydrogen-bond donors (Lipinski definition) is 1. The lowest BCUT2D eigenvalue weighted by Gasteiger charge is -2.11. The molecule has 0 atom stereocenters. The summed E-state index contributed by atoms with van der Waals surface area (Å²) < 4.78 is 0. The van der Waals surface area contributed by atoms with Crippen LogP contribution in [0.3, 0.4) is 0 Å². The van der Waals surface area contributed by atoms with Gasteiger partial charge in [-0.25, -0.2) is 0 Å². The highest BCUT2D eigenvalue weighted by atomic mass is 16.4. The number of carbonyl (C=O) groups excluding carboxylic acids is 2. The van der Waals surface area contributed by atoms with Gasteiger partial charge in [-0.1, -0.05) is 30.3 Å². The van der Waals surface area contributed by atoms with E-state index in [0.717, 1.165) is 5.56 Å². The Labute approximate surface area is 110 Å². The fourth-order valence-electron chi connectivity index (χ4n) is 1.78. The maximum Gasteiger partial charge on any atom is 0.256 e. The molecule has 0 saturated carbocycles. The molecule has 0 radical (unpaired) electrons. The summed E-state index contributed by atoms with van der Waals surface area (Å²) in [5, 5.41) is 13.6. The second-order valence-corrected chi connectivity index (χ2v) is 4.16. The molecular weight excluding hydrogens is 242 g/mol. The first-order chi connectivity index (χ1) is 9.08. The van der Waals surface area contributed by atoms with Crippen molar-refractivity contribution >= 4 is 17.6 Å². The molecule has 1 amide bonds. The zero-order valence-corrected chi connectivity index (χ0v) is 10.3. The number of rotatable bonds is 3. The summed E-state index contributed by atoms with van der Waals surface area (Å²) >= 11 is 0. The minimum absolute atomic E-state index is 0.0870. The van der Waals surface area contributed by atoms with Gasteiger partial charge in [0.2, 0.25) is 0 Å². The van der Waals surface area contributed by atoms with Crippen molar-refractivity contribution in [3.63, 3.8) is 0 Å². The topological polar surface area (TPSA) is 69.2 Å². The minimum Gasteiger partial charge on any atom is -0.545 e. The van der Waals surface area contributed by atoms with Crippen LogP contribution in [0.4, 0.5) is 5.69 Å². The van der Waals surface area contributed by atoms with Gasteiger partial charge in [-0.05, 0) is 30.7 Å². The predicted molar refractivity (Wildman–Crippen MR) is 69.9 cm³/mol. The third-order valence-electron chi connectivity index (χ3n) is 2.67. The highest BCUT2D eigenvalue weighted by Crippen LogP contribution is 2.13. The fraction of sp³-hybridized carbons (Fsp3) is 0.0667. The molecule has 2 rings (SSSR count). The monoisotopic (exact) mass is 254 g/mol. The number of benzene rings is 2. The highest BCUT2D eigenvalue weighted by Gasteiger charge is 2.11. The van der Waals surface area contributed by atoms with Gasteiger partial charge >= 0.3 is 0 Å². The summed E-state index contributed by atoms with van der Waals surface area (Å²) in [4.78, 5) is 23.0. The van der Waals surface area contributed by atoms with Crippen molar-refractivity contribution in [3.8, 4) is 0 Å². The summed E-state index contributed by atoms with van der Waals surface area (Å²) in [6.45, 7) is 1.91. The Balaban J connectivity index is 2.28. The van der Waals surface area contributed by atoms with Crippen LogP contribution in [0.25, 0.3) is 0 Å². The first-order valence-electron chi connectivity index (χ1n) is 5.76. The minimum atomic E-state index is -1.37. The second kappa shape index (κ2) is 5.35. The van der Waals surface area contributed by atoms with Gasteiger partial charge in [-0.2, -0.15) is 0 Å². The molecule has 0 aliphatic rings. The van der Waals surface area contributed by atoms with Gasteiger partial charge in [0.15, 0.2) is 0 Å². The van der Waals surface area contributed by atoms with Gasteiger partial charge in [0, 0.05) is 16.8 Å². The first kappa shape index (κ1) is 12.8. The van der Waals surface area contributed by atoms with E-state index in [4.69, 9.17) is 0 Å². The van der Waals surface area contributed by atoms with Crippen LogP contribution in [-0.2, 0) is 0 Å². The molecule has 1 N–H and O–H groups in total. The number of carboxylic acids is 1. The van der Waals surface area contributed by atoms with Crippen molar-refractivity contribution < 1.29 is 14.7 Å². The Morgan fingerprint density at radius 1 is 1.00 bits per heavy atom. The smallest absolute Gasteiger partial charge is 0.256 e. The molecule has 4 heteroatoms. The van der Waals surface area contributed by atoms with Gasteiger partial charge in [-0.3, -0.25) is 4.79 Å². The third kappa shape index (κ3) is 2.98. The van der Waals surface area contributed by atoms with Crippen LogP contribution in [0.15, 0.2) is 48.5 Å². The molecule has 0 saturated heterocycles. The van der Waals surface area contributed by atoms with Crippen LogP contribution >= 0.6 is 0 Å². The number of anilines is 1. The summed E-state index contributed by atoms with van der Waals surface area (Å²) in [5.74, 6) is -1.83. The second-order valence-electron chi connectivity index (χ2n) is 4.16. The molecule has 2 aromatic carbocycles. The van der Waals surface area contributed by atoms with Crippen molar-refractivity contribution in [2.45, 2.75) is 6.92 Å². The Bertz CT molecular complexity index is 635. The SMILES string of the molecule is Cc1cccc(NC(=O)c2ccccc2C(=O)[O-])c1. The normalized spacial score (nSPS) is 9.95. The van der Waals surface area contributed by atoms with Crippen LogP contribution in [-0.4, -0.2) is 11.9 Å². The zero-order valence-electron chi connectivity index (χ0n) is 10.3. The van der Waals surface area contributed by atoms with Gasteiger partial charge in [0.25, 0.3) is 5.91 Å². The van der Waals surface area contributed by atoms with E-state index < -0.39 is 11.9 Å². The van der Waals surface area contributed by atoms with Crippen LogP contribution in [0.2, 0.25) is 0 Å². The number of nitrogens with one attached hydrogen (secondary N) is 1. The molecule has 0 unspecified atom stereocenters. The standard InChI is InChI=1S/C15H13NO3/c1-10-5-4-6-11(9-10)16-14(17)12-7-2-3-8-13(12)15(18)19/h2-9H,1H3,(H,16,17)(H,18,19)/p-1. The van der Waals surface area contributed by atoms with Crippen LogP contribution < -0.4 is 10.4 Å². The number of carbonyl (C=O) groups is 2. The summed E-state index contributed by atoms with van der Waals surface area (Å²) in [6.07, 6.45) is 0. The average molecular weight is 254 g/mol. The van der Waals surface area contributed by atoms with Gasteiger partial charge in [0.05, 0.1) is 5.97 Å². The molecule has 96 valence electrons.